The van der Waals surface area contributed by atoms with Crippen LogP contribution in [0.15, 0.2) is 29.6 Å². The quantitative estimate of drug-likeness (QED) is 0.888. The van der Waals surface area contributed by atoms with Gasteiger partial charge >= 0.3 is 0 Å². The lowest BCUT2D eigenvalue weighted by molar-refractivity contribution is 0.0935. The van der Waals surface area contributed by atoms with Crippen molar-refractivity contribution in [2.45, 2.75) is 19.4 Å². The van der Waals surface area contributed by atoms with Crippen molar-refractivity contribution < 1.29 is 9.18 Å². The first-order valence-electron chi connectivity index (χ1n) is 6.31. The van der Waals surface area contributed by atoms with E-state index in [-0.39, 0.29) is 17.8 Å². The molecule has 1 heterocycles. The van der Waals surface area contributed by atoms with Crippen molar-refractivity contribution in [1.82, 2.24) is 10.3 Å². The van der Waals surface area contributed by atoms with Gasteiger partial charge in [-0.1, -0.05) is 12.1 Å². The fourth-order valence-corrected chi connectivity index (χ4v) is 2.58. The Bertz CT molecular complexity index is 600. The number of thiazole rings is 1. The summed E-state index contributed by atoms with van der Waals surface area (Å²) >= 11 is 1.42. The van der Waals surface area contributed by atoms with E-state index in [4.69, 9.17) is 5.73 Å². The number of nitrogens with one attached hydrogen (secondary N) is 1. The lowest BCUT2D eigenvalue weighted by Gasteiger charge is -2.13. The van der Waals surface area contributed by atoms with Crippen LogP contribution in [0.3, 0.4) is 0 Å². The zero-order valence-electron chi connectivity index (χ0n) is 11.1. The smallest absolute Gasteiger partial charge is 0.271 e. The molecule has 4 nitrogen and oxygen atoms in total. The molecule has 0 bridgehead atoms. The largest absolute Gasteiger partial charge is 0.344 e. The zero-order chi connectivity index (χ0) is 14.5. The van der Waals surface area contributed by atoms with Crippen LogP contribution in [0.25, 0.3) is 0 Å². The summed E-state index contributed by atoms with van der Waals surface area (Å²) in [7, 11) is 0. The van der Waals surface area contributed by atoms with Gasteiger partial charge in [-0.25, -0.2) is 9.37 Å². The van der Waals surface area contributed by atoms with Crippen molar-refractivity contribution in [1.29, 1.82) is 0 Å². The lowest BCUT2D eigenvalue weighted by atomic mass is 10.1. The van der Waals surface area contributed by atoms with E-state index in [9.17, 15) is 9.18 Å². The van der Waals surface area contributed by atoms with Gasteiger partial charge in [-0.15, -0.1) is 11.3 Å². The third-order valence-electron chi connectivity index (χ3n) is 2.84. The molecule has 0 saturated heterocycles. The number of rotatable bonds is 5. The van der Waals surface area contributed by atoms with E-state index in [1.807, 2.05) is 0 Å². The molecule has 2 rings (SSSR count). The molecule has 1 aromatic heterocycles. The van der Waals surface area contributed by atoms with E-state index in [0.29, 0.717) is 18.7 Å². The zero-order valence-corrected chi connectivity index (χ0v) is 11.9. The Morgan fingerprint density at radius 2 is 2.35 bits per heavy atom. The van der Waals surface area contributed by atoms with Gasteiger partial charge in [0.05, 0.1) is 11.0 Å². The third-order valence-corrected chi connectivity index (χ3v) is 3.75. The molecule has 3 N–H and O–H groups in total. The number of nitrogens with two attached hydrogens (primary N) is 1. The predicted octanol–water partition coefficient (Wildman–Crippen LogP) is 2.27. The van der Waals surface area contributed by atoms with Crippen LogP contribution in [-0.4, -0.2) is 17.4 Å². The van der Waals surface area contributed by atoms with Gasteiger partial charge in [0.1, 0.15) is 11.5 Å². The number of benzene rings is 1. The Morgan fingerprint density at radius 1 is 1.55 bits per heavy atom. The van der Waals surface area contributed by atoms with Crippen LogP contribution in [0.1, 0.15) is 34.0 Å². The van der Waals surface area contributed by atoms with Crippen molar-refractivity contribution in [3.8, 4) is 0 Å². The van der Waals surface area contributed by atoms with Gasteiger partial charge in [0, 0.05) is 11.8 Å². The van der Waals surface area contributed by atoms with Crippen LogP contribution in [-0.2, 0) is 6.42 Å². The van der Waals surface area contributed by atoms with Crippen molar-refractivity contribution in [3.05, 3.63) is 51.7 Å². The fraction of sp³-hybridized carbons (Fsp3) is 0.286. The van der Waals surface area contributed by atoms with E-state index in [1.54, 1.807) is 24.4 Å². The van der Waals surface area contributed by atoms with E-state index < -0.39 is 0 Å². The van der Waals surface area contributed by atoms with Gasteiger partial charge in [-0.3, -0.25) is 4.79 Å². The predicted molar refractivity (Wildman–Crippen MR) is 77.2 cm³/mol. The molecule has 0 aliphatic rings. The van der Waals surface area contributed by atoms with E-state index in [2.05, 4.69) is 10.3 Å². The summed E-state index contributed by atoms with van der Waals surface area (Å²) in [5.41, 5.74) is 6.54. The second-order valence-electron chi connectivity index (χ2n) is 4.42. The van der Waals surface area contributed by atoms with Gasteiger partial charge in [0.15, 0.2) is 0 Å². The molecule has 0 aliphatic carbocycles. The highest BCUT2D eigenvalue weighted by atomic mass is 32.1. The highest BCUT2D eigenvalue weighted by molar-refractivity contribution is 7.09. The van der Waals surface area contributed by atoms with E-state index in [1.165, 1.54) is 23.5 Å². The Balaban J connectivity index is 2.03. The highest BCUT2D eigenvalue weighted by Crippen LogP contribution is 2.15. The highest BCUT2D eigenvalue weighted by Gasteiger charge is 2.14. The Morgan fingerprint density at radius 3 is 3.05 bits per heavy atom. The molecule has 0 fully saturated rings. The van der Waals surface area contributed by atoms with Crippen LogP contribution in [0.4, 0.5) is 4.39 Å². The van der Waals surface area contributed by atoms with Crippen molar-refractivity contribution >= 4 is 17.2 Å². The number of aromatic nitrogens is 1. The summed E-state index contributed by atoms with van der Waals surface area (Å²) in [5, 5.41) is 5.35. The third kappa shape index (κ3) is 3.61. The van der Waals surface area contributed by atoms with Crippen molar-refractivity contribution in [3.63, 3.8) is 0 Å². The number of hydrogen-bond acceptors (Lipinski definition) is 4. The molecule has 20 heavy (non-hydrogen) atoms. The van der Waals surface area contributed by atoms with Crippen LogP contribution >= 0.6 is 11.3 Å². The molecule has 0 aliphatic heterocycles. The summed E-state index contributed by atoms with van der Waals surface area (Å²) in [6.07, 6.45) is 0.664. The molecule has 0 radical (unpaired) electrons. The number of halogens is 1. The molecule has 1 amide bonds. The minimum atomic E-state index is -0.317. The molecular formula is C14H16FN3OS. The van der Waals surface area contributed by atoms with E-state index in [0.717, 1.165) is 10.6 Å². The maximum absolute atomic E-state index is 13.1. The van der Waals surface area contributed by atoms with Gasteiger partial charge in [-0.2, -0.15) is 0 Å². The van der Waals surface area contributed by atoms with Gasteiger partial charge in [0.25, 0.3) is 5.91 Å². The lowest BCUT2D eigenvalue weighted by Crippen LogP contribution is -2.27. The molecule has 6 heteroatoms. The first-order chi connectivity index (χ1) is 9.60. The normalized spacial score (nSPS) is 12.2. The average molecular weight is 293 g/mol. The molecule has 2 aromatic rings. The Kier molecular flexibility index (Phi) is 4.81. The molecule has 0 unspecified atom stereocenters. The number of amides is 1. The molecule has 1 atom stereocenters. The van der Waals surface area contributed by atoms with Crippen molar-refractivity contribution in [2.24, 2.45) is 5.73 Å². The Labute approximate surface area is 120 Å². The monoisotopic (exact) mass is 293 g/mol. The molecule has 1 aromatic carbocycles. The topological polar surface area (TPSA) is 68.0 Å². The van der Waals surface area contributed by atoms with Gasteiger partial charge in [-0.05, 0) is 31.2 Å². The number of carbonyl (C=O) groups is 1. The first kappa shape index (κ1) is 14.6. The summed E-state index contributed by atoms with van der Waals surface area (Å²) in [5.74, 6) is -0.580. The van der Waals surface area contributed by atoms with Crippen LogP contribution in [0, 0.1) is 5.82 Å². The molecular weight excluding hydrogens is 277 g/mol. The summed E-state index contributed by atoms with van der Waals surface area (Å²) < 4.78 is 13.1. The van der Waals surface area contributed by atoms with Crippen LogP contribution in [0.2, 0.25) is 0 Å². The molecule has 106 valence electrons. The minimum absolute atomic E-state index is 0.263. The second-order valence-corrected chi connectivity index (χ2v) is 5.36. The minimum Gasteiger partial charge on any atom is -0.344 e. The standard InChI is InChI=1S/C14H16FN3OS/c1-9(10-3-2-4-11(15)7-10)17-14(19)12-8-20-13(18-12)5-6-16/h2-4,7-9H,5-6,16H2,1H3,(H,17,19)/t9-/m0/s1. The number of hydrogen-bond donors (Lipinski definition) is 2. The average Bonchev–Trinajstić information content (AvgIpc) is 2.88. The number of nitrogens with zero attached hydrogens (tertiary/aromatic N) is 1. The Hall–Kier alpha value is -1.79. The summed E-state index contributed by atoms with van der Waals surface area (Å²) in [6.45, 7) is 2.31. The van der Waals surface area contributed by atoms with Gasteiger partial charge in [0.2, 0.25) is 0 Å². The summed E-state index contributed by atoms with van der Waals surface area (Å²) in [6, 6.07) is 5.89. The maximum Gasteiger partial charge on any atom is 0.271 e. The van der Waals surface area contributed by atoms with Crippen LogP contribution in [0.5, 0.6) is 0 Å². The first-order valence-corrected chi connectivity index (χ1v) is 7.19. The summed E-state index contributed by atoms with van der Waals surface area (Å²) in [4.78, 5) is 16.3. The molecule has 0 spiro atoms. The SMILES string of the molecule is C[C@H](NC(=O)c1csc(CCN)n1)c1cccc(F)c1. The van der Waals surface area contributed by atoms with E-state index >= 15 is 0 Å². The second kappa shape index (κ2) is 6.58. The maximum atomic E-state index is 13.1. The van der Waals surface area contributed by atoms with Gasteiger partial charge < -0.3 is 11.1 Å². The molecule has 0 saturated carbocycles. The number of carbonyl (C=O) groups excluding carboxylic acids is 1. The van der Waals surface area contributed by atoms with Crippen LogP contribution < -0.4 is 11.1 Å². The van der Waals surface area contributed by atoms with Crippen molar-refractivity contribution in [2.75, 3.05) is 6.54 Å². The fourth-order valence-electron chi connectivity index (χ4n) is 1.78.